The van der Waals surface area contributed by atoms with Crippen LogP contribution in [-0.2, 0) is 6.54 Å². The minimum absolute atomic E-state index is 0.222. The van der Waals surface area contributed by atoms with Crippen LogP contribution in [0.1, 0.15) is 17.3 Å². The molecular formula is C24H27N3O5. The highest BCUT2D eigenvalue weighted by molar-refractivity contribution is 5.91. The number of methoxy groups -OCH3 is 4. The Balaban J connectivity index is 1.69. The van der Waals surface area contributed by atoms with Gasteiger partial charge in [-0.1, -0.05) is 6.07 Å². The molecule has 1 aromatic heterocycles. The van der Waals surface area contributed by atoms with E-state index in [0.29, 0.717) is 41.8 Å². The van der Waals surface area contributed by atoms with Crippen LogP contribution in [0.3, 0.4) is 0 Å². The van der Waals surface area contributed by atoms with Crippen molar-refractivity contribution in [2.75, 3.05) is 40.3 Å². The first-order valence-corrected chi connectivity index (χ1v) is 10.3. The van der Waals surface area contributed by atoms with Crippen molar-refractivity contribution < 1.29 is 23.7 Å². The van der Waals surface area contributed by atoms with Gasteiger partial charge >= 0.3 is 6.03 Å². The van der Waals surface area contributed by atoms with E-state index in [1.54, 1.807) is 46.6 Å². The number of carbonyl (C=O) groups excluding carboxylic acids is 1. The average Bonchev–Trinajstić information content (AvgIpc) is 3.32. The lowest BCUT2D eigenvalue weighted by Crippen LogP contribution is -2.44. The van der Waals surface area contributed by atoms with E-state index in [2.05, 4.69) is 9.88 Å². The lowest BCUT2D eigenvalue weighted by atomic mass is 9.99. The molecule has 2 heterocycles. The van der Waals surface area contributed by atoms with Crippen molar-refractivity contribution in [1.82, 2.24) is 9.47 Å². The highest BCUT2D eigenvalue weighted by atomic mass is 16.5. The van der Waals surface area contributed by atoms with Crippen molar-refractivity contribution >= 4 is 11.7 Å². The van der Waals surface area contributed by atoms with E-state index in [1.165, 1.54) is 0 Å². The van der Waals surface area contributed by atoms with Gasteiger partial charge in [0, 0.05) is 31.0 Å². The van der Waals surface area contributed by atoms with Gasteiger partial charge in [0.25, 0.3) is 0 Å². The molecule has 8 nitrogen and oxygen atoms in total. The van der Waals surface area contributed by atoms with Gasteiger partial charge < -0.3 is 33.7 Å². The summed E-state index contributed by atoms with van der Waals surface area (Å²) in [6, 6.07) is 14.6. The summed E-state index contributed by atoms with van der Waals surface area (Å²) >= 11 is 0. The maximum Gasteiger partial charge on any atom is 0.322 e. The van der Waals surface area contributed by atoms with Crippen LogP contribution in [0, 0.1) is 0 Å². The number of nitrogens with one attached hydrogen (secondary N) is 1. The Labute approximate surface area is 187 Å². The molecular weight excluding hydrogens is 410 g/mol. The van der Waals surface area contributed by atoms with Crippen molar-refractivity contribution in [3.63, 3.8) is 0 Å². The molecule has 0 spiro atoms. The second kappa shape index (κ2) is 9.13. The molecule has 1 atom stereocenters. The largest absolute Gasteiger partial charge is 0.497 e. The monoisotopic (exact) mass is 437 g/mol. The number of hydrogen-bond acceptors (Lipinski definition) is 5. The zero-order valence-electron chi connectivity index (χ0n) is 18.6. The van der Waals surface area contributed by atoms with Gasteiger partial charge in [-0.15, -0.1) is 0 Å². The normalized spacial score (nSPS) is 15.0. The lowest BCUT2D eigenvalue weighted by Gasteiger charge is -2.37. The average molecular weight is 437 g/mol. The number of ether oxygens (including phenoxy) is 4. The Hall–Kier alpha value is -3.81. The molecule has 0 saturated heterocycles. The number of benzene rings is 2. The summed E-state index contributed by atoms with van der Waals surface area (Å²) in [6.45, 7) is 1.25. The number of fused-ring (bicyclic) bond motifs is 1. The van der Waals surface area contributed by atoms with Gasteiger partial charge in [-0.05, 0) is 42.0 Å². The molecule has 2 amide bonds. The van der Waals surface area contributed by atoms with Crippen LogP contribution in [0.25, 0.3) is 0 Å². The summed E-state index contributed by atoms with van der Waals surface area (Å²) in [7, 11) is 6.35. The van der Waals surface area contributed by atoms with E-state index in [1.807, 2.05) is 41.4 Å². The SMILES string of the molecule is COc1ccc(NC(=O)N2CCn3cccc3C2c2ccc(OC)c(OC)c2)c(OC)c1. The number of anilines is 1. The summed E-state index contributed by atoms with van der Waals surface area (Å²) in [5.41, 5.74) is 2.53. The molecule has 8 heteroatoms. The van der Waals surface area contributed by atoms with E-state index in [9.17, 15) is 4.79 Å². The summed E-state index contributed by atoms with van der Waals surface area (Å²) in [4.78, 5) is 15.3. The molecule has 1 aliphatic rings. The van der Waals surface area contributed by atoms with E-state index < -0.39 is 0 Å². The molecule has 0 radical (unpaired) electrons. The van der Waals surface area contributed by atoms with Crippen molar-refractivity contribution in [3.05, 3.63) is 66.0 Å². The van der Waals surface area contributed by atoms with Gasteiger partial charge in [0.05, 0.1) is 40.2 Å². The molecule has 1 unspecified atom stereocenters. The Kier molecular flexibility index (Phi) is 6.11. The number of urea groups is 1. The molecule has 3 aromatic rings. The lowest BCUT2D eigenvalue weighted by molar-refractivity contribution is 0.181. The number of nitrogens with zero attached hydrogens (tertiary/aromatic N) is 2. The Morgan fingerprint density at radius 1 is 0.875 bits per heavy atom. The number of amides is 2. The predicted octanol–water partition coefficient (Wildman–Crippen LogP) is 4.16. The van der Waals surface area contributed by atoms with Gasteiger partial charge in [-0.3, -0.25) is 0 Å². The standard InChI is InChI=1S/C24H27N3O5/c1-29-17-8-9-18(21(15-17)31-3)25-24(28)27-13-12-26-11-5-6-19(26)23(27)16-7-10-20(30-2)22(14-16)32-4/h5-11,14-15,23H,12-13H2,1-4H3,(H,25,28). The third-order valence-electron chi connectivity index (χ3n) is 5.67. The molecule has 1 aliphatic heterocycles. The minimum Gasteiger partial charge on any atom is -0.497 e. The Morgan fingerprint density at radius 3 is 2.38 bits per heavy atom. The molecule has 32 heavy (non-hydrogen) atoms. The van der Waals surface area contributed by atoms with Crippen LogP contribution in [0.15, 0.2) is 54.7 Å². The fourth-order valence-corrected chi connectivity index (χ4v) is 4.06. The summed E-state index contributed by atoms with van der Waals surface area (Å²) < 4.78 is 23.7. The molecule has 1 N–H and O–H groups in total. The zero-order valence-corrected chi connectivity index (χ0v) is 18.6. The molecule has 168 valence electrons. The van der Waals surface area contributed by atoms with Gasteiger partial charge in [0.15, 0.2) is 11.5 Å². The summed E-state index contributed by atoms with van der Waals surface area (Å²) in [5.74, 6) is 2.44. The number of aromatic nitrogens is 1. The summed E-state index contributed by atoms with van der Waals surface area (Å²) in [6.07, 6.45) is 2.03. The van der Waals surface area contributed by atoms with Gasteiger partial charge in [-0.2, -0.15) is 0 Å². The molecule has 0 saturated carbocycles. The number of rotatable bonds is 6. The maximum absolute atomic E-state index is 13.4. The van der Waals surface area contributed by atoms with Gasteiger partial charge in [-0.25, -0.2) is 4.79 Å². The summed E-state index contributed by atoms with van der Waals surface area (Å²) in [5, 5.41) is 3.00. The highest BCUT2D eigenvalue weighted by Crippen LogP contribution is 2.38. The van der Waals surface area contributed by atoms with Crippen molar-refractivity contribution in [3.8, 4) is 23.0 Å². The van der Waals surface area contributed by atoms with E-state index in [4.69, 9.17) is 18.9 Å². The Bertz CT molecular complexity index is 1110. The first-order valence-electron chi connectivity index (χ1n) is 10.3. The molecule has 0 bridgehead atoms. The van der Waals surface area contributed by atoms with Crippen LogP contribution in [0.2, 0.25) is 0 Å². The quantitative estimate of drug-likeness (QED) is 0.627. The highest BCUT2D eigenvalue weighted by Gasteiger charge is 2.33. The topological polar surface area (TPSA) is 74.2 Å². The van der Waals surface area contributed by atoms with Crippen molar-refractivity contribution in [2.24, 2.45) is 0 Å². The van der Waals surface area contributed by atoms with Crippen LogP contribution in [0.5, 0.6) is 23.0 Å². The molecule has 0 aliphatic carbocycles. The second-order valence-electron chi connectivity index (χ2n) is 7.33. The van der Waals surface area contributed by atoms with Crippen molar-refractivity contribution in [2.45, 2.75) is 12.6 Å². The first-order chi connectivity index (χ1) is 15.6. The first kappa shape index (κ1) is 21.4. The van der Waals surface area contributed by atoms with E-state index in [-0.39, 0.29) is 12.1 Å². The fraction of sp³-hybridized carbons (Fsp3) is 0.292. The van der Waals surface area contributed by atoms with Crippen LogP contribution in [0.4, 0.5) is 10.5 Å². The second-order valence-corrected chi connectivity index (χ2v) is 7.33. The van der Waals surface area contributed by atoms with Gasteiger partial charge in [0.2, 0.25) is 0 Å². The number of carbonyl (C=O) groups is 1. The van der Waals surface area contributed by atoms with Crippen LogP contribution in [-0.4, -0.2) is 50.5 Å². The zero-order chi connectivity index (χ0) is 22.7. The predicted molar refractivity (Wildman–Crippen MR) is 121 cm³/mol. The molecule has 0 fully saturated rings. The third-order valence-corrected chi connectivity index (χ3v) is 5.67. The van der Waals surface area contributed by atoms with Crippen LogP contribution >= 0.6 is 0 Å². The molecule has 4 rings (SSSR count). The van der Waals surface area contributed by atoms with E-state index in [0.717, 1.165) is 11.3 Å². The number of hydrogen-bond donors (Lipinski definition) is 1. The van der Waals surface area contributed by atoms with Crippen LogP contribution < -0.4 is 24.3 Å². The maximum atomic E-state index is 13.4. The molecule has 2 aromatic carbocycles. The minimum atomic E-state index is -0.289. The van der Waals surface area contributed by atoms with E-state index >= 15 is 0 Å². The Morgan fingerprint density at radius 2 is 1.66 bits per heavy atom. The third kappa shape index (κ3) is 3.91. The fourth-order valence-electron chi connectivity index (χ4n) is 4.06. The van der Waals surface area contributed by atoms with Crippen molar-refractivity contribution in [1.29, 1.82) is 0 Å². The van der Waals surface area contributed by atoms with Gasteiger partial charge in [0.1, 0.15) is 11.5 Å². The smallest absolute Gasteiger partial charge is 0.322 e.